The highest BCUT2D eigenvalue weighted by Gasteiger charge is 2.30. The Morgan fingerprint density at radius 3 is 1.14 bits per heavy atom. The topological polar surface area (TPSA) is 613 Å². The number of carbonyl (C=O) groups is 4. The quantitative estimate of drug-likeness (QED) is 0.00723. The molecule has 1 aromatic heterocycles. The Morgan fingerprint density at radius 2 is 0.856 bits per heavy atom. The highest BCUT2D eigenvalue weighted by atomic mass is 32.2. The van der Waals surface area contributed by atoms with Crippen molar-refractivity contribution in [2.75, 3.05) is 5.75 Å². The van der Waals surface area contributed by atoms with Gasteiger partial charge in [0.15, 0.2) is 0 Å². The van der Waals surface area contributed by atoms with Crippen molar-refractivity contribution in [3.63, 3.8) is 0 Å². The molecule has 0 aliphatic heterocycles. The van der Waals surface area contributed by atoms with Crippen molar-refractivity contribution in [1.29, 1.82) is 10.9 Å². The van der Waals surface area contributed by atoms with Gasteiger partial charge in [-0.25, -0.2) is 55.2 Å². The molecule has 0 aliphatic carbocycles. The fourth-order valence-electron chi connectivity index (χ4n) is 5.54. The van der Waals surface area contributed by atoms with Gasteiger partial charge in [0, 0.05) is 119 Å². The van der Waals surface area contributed by atoms with Crippen LogP contribution in [0.3, 0.4) is 0 Å². The molecule has 41 heteroatoms. The van der Waals surface area contributed by atoms with Crippen molar-refractivity contribution in [3.05, 3.63) is 71.4 Å². The molecule has 0 bridgehead atoms. The van der Waals surface area contributed by atoms with Crippen LogP contribution in [0.4, 0.5) is 0 Å². The lowest BCUT2D eigenvalue weighted by molar-refractivity contribution is -0.784. The van der Waals surface area contributed by atoms with Gasteiger partial charge in [0.1, 0.15) is 23.7 Å². The van der Waals surface area contributed by atoms with Crippen LogP contribution in [-0.2, 0) is 103 Å². The highest BCUT2D eigenvalue weighted by Crippen LogP contribution is 2.20. The van der Waals surface area contributed by atoms with Crippen LogP contribution in [0.15, 0.2) is 70.4 Å². The first-order chi connectivity index (χ1) is 56.7. The number of carboxylic acid groups (broad SMARTS) is 1. The number of fused-ring (bicyclic) bond motifs is 1. The molecule has 20 N–H and O–H groups in total. The third-order valence-electron chi connectivity index (χ3n) is 9.33. The summed E-state index contributed by atoms with van der Waals surface area (Å²) in [6.45, 7) is 1.73. The molecule has 2 aromatic carbocycles. The molecule has 118 heavy (non-hydrogen) atoms. The van der Waals surface area contributed by atoms with E-state index >= 15 is 0 Å². The van der Waals surface area contributed by atoms with Gasteiger partial charge in [0.25, 0.3) is 0 Å². The van der Waals surface area contributed by atoms with Crippen molar-refractivity contribution < 1.29 is 135 Å². The number of nitrogens with two attached hydrogens (primary N) is 3. The number of nitrogens with one attached hydrogen (secondary N) is 6. The van der Waals surface area contributed by atoms with E-state index in [9.17, 15) is 32.7 Å². The molecule has 3 amide bonds. The summed E-state index contributed by atoms with van der Waals surface area (Å²) in [6.07, 6.45) is 15.7. The van der Waals surface area contributed by atoms with E-state index in [4.69, 9.17) is 83.7 Å². The monoisotopic (exact) mass is 1640 g/mol. The predicted octanol–water partition coefficient (Wildman–Crippen LogP) is -1.31. The zero-order chi connectivity index (χ0) is 88.0. The number of nitrogen functional groups attached to an aromatic ring is 1. The highest BCUT2D eigenvalue weighted by molar-refractivity contribution is 7.90. The maximum Gasteiger partial charge on any atom is 0.242 e. The maximum atomic E-state index is 13.4. The number of aromatic nitrogens is 1. The molecule has 3 aromatic rings. The van der Waals surface area contributed by atoms with Gasteiger partial charge in [0.2, 0.25) is 27.7 Å². The zero-order valence-corrected chi connectivity index (χ0v) is 61.3. The second-order valence-electron chi connectivity index (χ2n) is 16.5. The average Bonchev–Trinajstić information content (AvgIpc) is 1.70. The van der Waals surface area contributed by atoms with Gasteiger partial charge in [-0.15, -0.1) is 19.3 Å². The number of benzene rings is 2. The maximum absolute atomic E-state index is 13.4. The molecule has 0 saturated heterocycles. The molecular weight excluding hydrogens is 1590 g/mol. The summed E-state index contributed by atoms with van der Waals surface area (Å²) >= 11 is 0. The molecule has 0 saturated carbocycles. The average molecular weight is 1640 g/mol. The number of terminal acetylenes is 3. The van der Waals surface area contributed by atoms with E-state index in [0.717, 1.165) is 5.52 Å². The van der Waals surface area contributed by atoms with Gasteiger partial charge in [-0.3, -0.25) is 19.8 Å². The Hall–Kier alpha value is -17.2. The minimum Gasteiger partial charge on any atom is -0.549 e. The zero-order valence-electron chi connectivity index (χ0n) is 59.4. The summed E-state index contributed by atoms with van der Waals surface area (Å²) < 4.78 is 26.9. The molecule has 0 aliphatic rings. The van der Waals surface area contributed by atoms with E-state index in [1.165, 1.54) is 0 Å². The molecule has 592 valence electrons. The molecule has 0 radical (unpaired) electrons. The van der Waals surface area contributed by atoms with Crippen LogP contribution in [0.2, 0.25) is 0 Å². The standard InChI is InChI=1S/C26H31N7O7S.C26H2.C25H4.H3N5.H2O7.H2O6.H2O4.H2O3.H2S/c27-22(34)10-9-20(25(37)31-12-15-5-7-16(8-6-15)24(28)29)32-26(38)21(33-41(39,40)14-23(35)36)11-17-13-30-19-4-2-1-3-18(17)19;1-3-5-7-9-11-13-15-17-19-21-23-25-26-24-22-20-18-16-14-12-10-8-6-4-2;1-3-5-7-9-11-13-15-17-19-21-23-25-24-22-20-18-16-14-12-10-8-6-4-2;1-3-5-4-2;1-3-5-7-6-4-2;1-3-5-6-4-2;1-3-4-2;1-3-2;/h1-8,13,20-21,30,33H,9-12,14H2,(H2,27,34)(H3,28,29)(H,31,37)(H,32,38)(H,35,36);1-2H;1H,2H3;(H3,1,2,5);1-2H;1-2H;1-2H;1-2H;1H2/p-1/t20-,21+;;;;;;;;/m0......../s1. The first kappa shape index (κ1) is 112. The van der Waals surface area contributed by atoms with E-state index in [0.29, 0.717) is 22.1 Å². The number of aliphatic carboxylic acids is 1. The number of carbonyl (C=O) groups excluding carboxylic acids is 4. The third-order valence-corrected chi connectivity index (χ3v) is 10.6. The molecule has 0 unspecified atom stereocenters. The molecule has 2 atom stereocenters. The summed E-state index contributed by atoms with van der Waals surface area (Å²) in [5.41, 5.74) is 19.0. The smallest absolute Gasteiger partial charge is 0.242 e. The number of amides is 3. The van der Waals surface area contributed by atoms with Crippen LogP contribution in [0.5, 0.6) is 0 Å². The molecule has 1 heterocycles. The predicted molar refractivity (Wildman–Crippen MR) is 409 cm³/mol. The van der Waals surface area contributed by atoms with E-state index in [2.05, 4.69) is 381 Å². The summed E-state index contributed by atoms with van der Waals surface area (Å²) in [4.78, 5) is 51.8. The molecule has 39 nitrogen and oxygen atoms in total. The SMILES string of the molecule is C#CC#CC#CC#CC#CC#CC#CC#CC#CC#CC#CC#CC.C#CC#CC#CC#CC#CC#CC#CC#CC#CC#CC#CC#CC#C.N=C(N)c1ccc(CNC(=O)[C@H](CCC(N)=O)NC(=O)[C@@H](Cc2c[nH]c3ccccc23)NS(=O)(=O)CC(=O)[O-])cc1.N=N/N=N/N.OOO.OOOO.OOOOOO.OOOOOOO.S. The van der Waals surface area contributed by atoms with Gasteiger partial charge in [-0.05, 0) is 292 Å². The number of para-hydroxylation sites is 1. The Labute approximate surface area is 679 Å². The number of hydrogen-bond donors (Lipinski definition) is 17. The Kier molecular flexibility index (Phi) is 84.0. The number of rotatable bonds is 24. The number of sulfonamides is 1. The number of carboxylic acids is 1. The molecular formula is C77H49N12O27S2-. The van der Waals surface area contributed by atoms with Gasteiger partial charge in [0.05, 0.1) is 5.97 Å². The van der Waals surface area contributed by atoms with Gasteiger partial charge in [-0.2, -0.15) is 19.0 Å². The molecule has 3 rings (SSSR count). The van der Waals surface area contributed by atoms with E-state index < -0.39 is 51.6 Å². The van der Waals surface area contributed by atoms with Crippen LogP contribution in [0.1, 0.15) is 36.5 Å². The first-order valence-electron chi connectivity index (χ1n) is 28.7. The minimum atomic E-state index is -4.50. The number of primary amides is 1. The van der Waals surface area contributed by atoms with Crippen LogP contribution in [0, 0.1) is 308 Å². The summed E-state index contributed by atoms with van der Waals surface area (Å²) in [5, 5.41) is 122. The molecule has 0 fully saturated rings. The van der Waals surface area contributed by atoms with Crippen LogP contribution < -0.4 is 37.8 Å². The lowest BCUT2D eigenvalue weighted by atomic mass is 10.0. The number of H-pyrrole nitrogens is 1. The van der Waals surface area contributed by atoms with Gasteiger partial charge in [-0.1, -0.05) is 58.6 Å². The van der Waals surface area contributed by atoms with Gasteiger partial charge < -0.3 is 42.8 Å². The number of hydrogen-bond acceptors (Lipinski definition) is 30. The Morgan fingerprint density at radius 1 is 0.517 bits per heavy atom. The summed E-state index contributed by atoms with van der Waals surface area (Å²) in [6, 6.07) is 10.8. The van der Waals surface area contributed by atoms with Crippen molar-refractivity contribution >= 4 is 63.9 Å². The fourth-order valence-corrected chi connectivity index (χ4v) is 6.56. The fraction of sp³-hybridized carbons (Fsp3) is 0.104. The van der Waals surface area contributed by atoms with Crippen molar-refractivity contribution in [2.45, 2.75) is 44.8 Å². The summed E-state index contributed by atoms with van der Waals surface area (Å²) in [7, 11) is -4.50. The normalized spacial score (nSPS) is 7.88. The minimum absolute atomic E-state index is 0. The van der Waals surface area contributed by atoms with Crippen LogP contribution in [0.25, 0.3) is 10.9 Å². The van der Waals surface area contributed by atoms with Crippen molar-refractivity contribution in [3.8, 4) is 298 Å². The lowest BCUT2D eigenvalue weighted by Crippen LogP contribution is -2.55. The Balaban J connectivity index is -0.000000354. The van der Waals surface area contributed by atoms with Crippen molar-refractivity contribution in [1.82, 2.24) is 20.3 Å². The first-order valence-corrected chi connectivity index (χ1v) is 30.3. The number of amidine groups is 1. The second-order valence-corrected chi connectivity index (χ2v) is 18.2. The van der Waals surface area contributed by atoms with Gasteiger partial charge >= 0.3 is 0 Å². The molecule has 0 spiro atoms. The van der Waals surface area contributed by atoms with E-state index in [1.54, 1.807) is 61.7 Å². The third kappa shape index (κ3) is 81.3. The van der Waals surface area contributed by atoms with Crippen molar-refractivity contribution in [2.24, 2.45) is 33.0 Å². The number of nitrogens with zero attached hydrogens (tertiary/aromatic N) is 3. The van der Waals surface area contributed by atoms with Crippen LogP contribution >= 0.6 is 13.5 Å². The largest absolute Gasteiger partial charge is 0.549 e. The Bertz CT molecular complexity index is 5550. The number of aromatic amines is 1. The van der Waals surface area contributed by atoms with E-state index in [1.807, 2.05) is 0 Å². The van der Waals surface area contributed by atoms with Crippen LogP contribution in [-0.4, -0.2) is 103 Å². The van der Waals surface area contributed by atoms with E-state index in [-0.39, 0.29) is 45.1 Å². The summed E-state index contributed by atoms with van der Waals surface area (Å²) in [5.74, 6) is 114. The second kappa shape index (κ2) is 88.7. The lowest BCUT2D eigenvalue weighted by Gasteiger charge is -2.23.